The topological polar surface area (TPSA) is 18.8 Å². The fourth-order valence-corrected chi connectivity index (χ4v) is 0.786. The lowest BCUT2D eigenvalue weighted by atomic mass is 10.2. The summed E-state index contributed by atoms with van der Waals surface area (Å²) >= 11 is 0. The van der Waals surface area contributed by atoms with Crippen LogP contribution in [0.3, 0.4) is 0 Å². The zero-order valence-electron chi connectivity index (χ0n) is 8.49. The molecule has 0 spiro atoms. The highest BCUT2D eigenvalue weighted by atomic mass is 15.4. The summed E-state index contributed by atoms with van der Waals surface area (Å²) in [4.78, 5) is 2.12. The molecule has 3 nitrogen and oxygen atoms in total. The Balaban J connectivity index is 4.02. The Morgan fingerprint density at radius 1 is 1.33 bits per heavy atom. The van der Waals surface area contributed by atoms with Gasteiger partial charge in [-0.2, -0.15) is 5.10 Å². The molecule has 0 aliphatic carbocycles. The van der Waals surface area contributed by atoms with Gasteiger partial charge in [-0.25, -0.2) is 0 Å². The van der Waals surface area contributed by atoms with E-state index in [0.717, 1.165) is 6.42 Å². The van der Waals surface area contributed by atoms with Crippen LogP contribution in [0.15, 0.2) is 17.8 Å². The van der Waals surface area contributed by atoms with E-state index >= 15 is 0 Å². The van der Waals surface area contributed by atoms with Crippen molar-refractivity contribution in [2.75, 3.05) is 28.2 Å². The fraction of sp³-hybridized carbons (Fsp3) is 0.667. The van der Waals surface area contributed by atoms with Crippen molar-refractivity contribution in [3.8, 4) is 0 Å². The first-order valence-corrected chi connectivity index (χ1v) is 4.06. The van der Waals surface area contributed by atoms with E-state index in [1.165, 1.54) is 0 Å². The van der Waals surface area contributed by atoms with Gasteiger partial charge in [0.1, 0.15) is 0 Å². The quantitative estimate of drug-likeness (QED) is 0.348. The first-order chi connectivity index (χ1) is 5.57. The zero-order chi connectivity index (χ0) is 9.56. The predicted molar refractivity (Wildman–Crippen MR) is 54.5 cm³/mol. The first-order valence-electron chi connectivity index (χ1n) is 4.06. The Morgan fingerprint density at radius 2 is 1.92 bits per heavy atom. The third-order valence-corrected chi connectivity index (χ3v) is 1.54. The molecule has 12 heavy (non-hydrogen) atoms. The number of rotatable bonds is 5. The van der Waals surface area contributed by atoms with E-state index in [1.54, 1.807) is 5.01 Å². The van der Waals surface area contributed by atoms with Crippen LogP contribution in [0.4, 0.5) is 0 Å². The molecule has 70 valence electrons. The minimum atomic E-state index is 0.352. The molecule has 0 fully saturated rings. The van der Waals surface area contributed by atoms with Gasteiger partial charge in [0, 0.05) is 26.4 Å². The van der Waals surface area contributed by atoms with E-state index in [-0.39, 0.29) is 0 Å². The van der Waals surface area contributed by atoms with Gasteiger partial charge in [-0.1, -0.05) is 6.08 Å². The van der Waals surface area contributed by atoms with Crippen LogP contribution in [-0.4, -0.2) is 50.4 Å². The van der Waals surface area contributed by atoms with Crippen molar-refractivity contribution < 1.29 is 0 Å². The summed E-state index contributed by atoms with van der Waals surface area (Å²) in [6.45, 7) is 3.71. The maximum absolute atomic E-state index is 4.18. The molecule has 0 rings (SSSR count). The Bertz CT molecular complexity index is 150. The van der Waals surface area contributed by atoms with Crippen LogP contribution in [0.5, 0.6) is 0 Å². The molecular weight excluding hydrogens is 150 g/mol. The summed E-state index contributed by atoms with van der Waals surface area (Å²) in [6, 6.07) is 0.352. The fourth-order valence-electron chi connectivity index (χ4n) is 0.786. The van der Waals surface area contributed by atoms with Crippen molar-refractivity contribution in [2.24, 2.45) is 5.10 Å². The van der Waals surface area contributed by atoms with E-state index < -0.39 is 0 Å². The van der Waals surface area contributed by atoms with Gasteiger partial charge >= 0.3 is 0 Å². The van der Waals surface area contributed by atoms with Gasteiger partial charge in [-0.15, -0.1) is 6.58 Å². The maximum atomic E-state index is 4.18. The summed E-state index contributed by atoms with van der Waals surface area (Å²) in [5.41, 5.74) is 0. The van der Waals surface area contributed by atoms with Gasteiger partial charge in [0.2, 0.25) is 0 Å². The smallest absolute Gasteiger partial charge is 0.0497 e. The second-order valence-electron chi connectivity index (χ2n) is 3.17. The molecule has 1 unspecified atom stereocenters. The number of hydrogen-bond acceptors (Lipinski definition) is 3. The average molecular weight is 169 g/mol. The van der Waals surface area contributed by atoms with E-state index in [9.17, 15) is 0 Å². The molecule has 0 saturated heterocycles. The van der Waals surface area contributed by atoms with Crippen molar-refractivity contribution in [1.29, 1.82) is 0 Å². The molecule has 0 aromatic carbocycles. The number of hydrazone groups is 1. The minimum Gasteiger partial charge on any atom is -0.303 e. The van der Waals surface area contributed by atoms with Gasteiger partial charge in [0.15, 0.2) is 0 Å². The molecule has 0 aliphatic heterocycles. The number of hydrogen-bond donors (Lipinski definition) is 0. The van der Waals surface area contributed by atoms with Crippen LogP contribution in [0.1, 0.15) is 6.42 Å². The van der Waals surface area contributed by atoms with Gasteiger partial charge in [0.25, 0.3) is 0 Å². The van der Waals surface area contributed by atoms with E-state index in [2.05, 4.69) is 16.6 Å². The number of nitrogens with zero attached hydrogens (tertiary/aromatic N) is 3. The van der Waals surface area contributed by atoms with Crippen LogP contribution in [0.25, 0.3) is 0 Å². The highest BCUT2D eigenvalue weighted by Crippen LogP contribution is 1.97. The minimum absolute atomic E-state index is 0.352. The van der Waals surface area contributed by atoms with Crippen LogP contribution in [0, 0.1) is 0 Å². The van der Waals surface area contributed by atoms with Crippen molar-refractivity contribution >= 4 is 6.21 Å². The van der Waals surface area contributed by atoms with E-state index in [0.29, 0.717) is 6.04 Å². The molecule has 3 heteroatoms. The van der Waals surface area contributed by atoms with Crippen molar-refractivity contribution in [3.05, 3.63) is 12.7 Å². The van der Waals surface area contributed by atoms with Crippen LogP contribution >= 0.6 is 0 Å². The van der Waals surface area contributed by atoms with Crippen LogP contribution in [0.2, 0.25) is 0 Å². The van der Waals surface area contributed by atoms with Gasteiger partial charge < -0.3 is 9.91 Å². The average Bonchev–Trinajstić information content (AvgIpc) is 1.96. The highest BCUT2D eigenvalue weighted by molar-refractivity contribution is 5.64. The monoisotopic (exact) mass is 169 g/mol. The molecule has 0 amide bonds. The van der Waals surface area contributed by atoms with Gasteiger partial charge in [-0.05, 0) is 20.5 Å². The summed E-state index contributed by atoms with van der Waals surface area (Å²) in [6.07, 6.45) is 4.78. The molecule has 0 aliphatic rings. The van der Waals surface area contributed by atoms with Crippen LogP contribution < -0.4 is 0 Å². The van der Waals surface area contributed by atoms with Crippen LogP contribution in [-0.2, 0) is 0 Å². The lowest BCUT2D eigenvalue weighted by Gasteiger charge is -2.18. The third-order valence-electron chi connectivity index (χ3n) is 1.54. The molecule has 0 bridgehead atoms. The maximum Gasteiger partial charge on any atom is 0.0497 e. The molecule has 0 saturated carbocycles. The largest absolute Gasteiger partial charge is 0.303 e. The lowest BCUT2D eigenvalue weighted by molar-refractivity contribution is 0.359. The Labute approximate surface area is 75.4 Å². The summed E-state index contributed by atoms with van der Waals surface area (Å²) < 4.78 is 0. The summed E-state index contributed by atoms with van der Waals surface area (Å²) in [7, 11) is 7.90. The molecular formula is C9H19N3. The molecule has 1 atom stereocenters. The Kier molecular flexibility index (Phi) is 5.37. The molecule has 0 N–H and O–H groups in total. The standard InChI is InChI=1S/C9H19N3/c1-6-7-9(11(2)3)8-10-12(4)5/h6,8-9H,1,7H2,2-5H3/b10-8+. The second-order valence-corrected chi connectivity index (χ2v) is 3.17. The summed E-state index contributed by atoms with van der Waals surface area (Å²) in [5.74, 6) is 0. The van der Waals surface area contributed by atoms with Gasteiger partial charge in [-0.3, -0.25) is 0 Å². The molecule has 0 heterocycles. The Morgan fingerprint density at radius 3 is 2.25 bits per heavy atom. The molecule has 0 aromatic heterocycles. The first kappa shape index (κ1) is 11.2. The second kappa shape index (κ2) is 5.77. The third kappa shape index (κ3) is 4.91. The molecule has 0 radical (unpaired) electrons. The van der Waals surface area contributed by atoms with Gasteiger partial charge in [0.05, 0.1) is 0 Å². The Hall–Kier alpha value is -0.830. The van der Waals surface area contributed by atoms with E-state index in [1.807, 2.05) is 40.5 Å². The zero-order valence-corrected chi connectivity index (χ0v) is 8.49. The van der Waals surface area contributed by atoms with Crippen molar-refractivity contribution in [1.82, 2.24) is 9.91 Å². The van der Waals surface area contributed by atoms with E-state index in [4.69, 9.17) is 0 Å². The predicted octanol–water partition coefficient (Wildman–Crippen LogP) is 1.04. The van der Waals surface area contributed by atoms with Crippen molar-refractivity contribution in [2.45, 2.75) is 12.5 Å². The normalized spacial score (nSPS) is 13.8. The lowest BCUT2D eigenvalue weighted by Crippen LogP contribution is -2.29. The van der Waals surface area contributed by atoms with Crippen molar-refractivity contribution in [3.63, 3.8) is 0 Å². The molecule has 0 aromatic rings. The highest BCUT2D eigenvalue weighted by Gasteiger charge is 2.04. The SMILES string of the molecule is C=CCC(/C=N/N(C)C)N(C)C. The summed E-state index contributed by atoms with van der Waals surface area (Å²) in [5, 5.41) is 5.97.